The molecule has 1 heterocycles. The maximum Gasteiger partial charge on any atom is 0.264 e. The van der Waals surface area contributed by atoms with Gasteiger partial charge in [-0.1, -0.05) is 34.7 Å². The molecular weight excluding hydrogens is 318 g/mol. The minimum atomic E-state index is -0.275. The quantitative estimate of drug-likeness (QED) is 0.674. The van der Waals surface area contributed by atoms with Gasteiger partial charge in [0.15, 0.2) is 10.9 Å². The second-order valence-corrected chi connectivity index (χ2v) is 6.29. The van der Waals surface area contributed by atoms with Gasteiger partial charge in [0, 0.05) is 5.02 Å². The molecule has 1 aromatic heterocycles. The zero-order valence-electron chi connectivity index (χ0n) is 10.8. The zero-order chi connectivity index (χ0) is 14.5. The van der Waals surface area contributed by atoms with E-state index in [0.717, 1.165) is 9.90 Å². The highest BCUT2D eigenvalue weighted by Crippen LogP contribution is 2.23. The molecular formula is C12H12ClN3O2S2. The number of thioether (sulfide) groups is 1. The number of nitrogens with zero attached hydrogens (tertiary/aromatic N) is 2. The van der Waals surface area contributed by atoms with E-state index in [1.54, 1.807) is 18.2 Å². The number of carbonyl (C=O) groups is 1. The smallest absolute Gasteiger partial charge is 0.264 e. The summed E-state index contributed by atoms with van der Waals surface area (Å²) < 4.78 is 6.24. The van der Waals surface area contributed by atoms with E-state index in [1.165, 1.54) is 23.1 Å². The molecule has 20 heavy (non-hydrogen) atoms. The molecule has 0 aliphatic heterocycles. The number of anilines is 1. The maximum absolute atomic E-state index is 11.7. The van der Waals surface area contributed by atoms with Crippen molar-refractivity contribution in [2.45, 2.75) is 11.3 Å². The molecule has 1 N–H and O–H groups in total. The first kappa shape index (κ1) is 15.1. The molecule has 0 spiro atoms. The van der Waals surface area contributed by atoms with Gasteiger partial charge in [-0.3, -0.25) is 10.1 Å². The normalized spacial score (nSPS) is 10.3. The van der Waals surface area contributed by atoms with Crippen LogP contribution in [0.5, 0.6) is 5.75 Å². The van der Waals surface area contributed by atoms with Crippen LogP contribution in [0.15, 0.2) is 22.5 Å². The van der Waals surface area contributed by atoms with E-state index in [1.807, 2.05) is 13.2 Å². The van der Waals surface area contributed by atoms with Crippen molar-refractivity contribution < 1.29 is 9.53 Å². The fourth-order valence-corrected chi connectivity index (χ4v) is 2.83. The molecule has 106 valence electrons. The summed E-state index contributed by atoms with van der Waals surface area (Å²) in [6.07, 6.45) is 1.90. The fraction of sp³-hybridized carbons (Fsp3) is 0.250. The lowest BCUT2D eigenvalue weighted by Gasteiger charge is -2.08. The molecule has 0 fully saturated rings. The predicted molar refractivity (Wildman–Crippen MR) is 82.0 cm³/mol. The third-order valence-corrected chi connectivity index (χ3v) is 4.37. The molecule has 8 heteroatoms. The minimum absolute atomic E-state index is 0.0867. The SMILES string of the molecule is CSc1nnc(NC(=O)COc2ccc(Cl)cc2C)s1. The number of aryl methyl sites for hydroxylation is 1. The fourth-order valence-electron chi connectivity index (χ4n) is 1.42. The number of hydrogen-bond donors (Lipinski definition) is 1. The van der Waals surface area contributed by atoms with Crippen LogP contribution in [0.1, 0.15) is 5.56 Å². The van der Waals surface area contributed by atoms with Crippen LogP contribution in [0.4, 0.5) is 5.13 Å². The molecule has 0 bridgehead atoms. The number of aromatic nitrogens is 2. The highest BCUT2D eigenvalue weighted by molar-refractivity contribution is 8.00. The first-order valence-corrected chi connectivity index (χ1v) is 8.06. The molecule has 0 saturated carbocycles. The molecule has 0 radical (unpaired) electrons. The van der Waals surface area contributed by atoms with Gasteiger partial charge in [-0.15, -0.1) is 10.2 Å². The largest absolute Gasteiger partial charge is 0.483 e. The monoisotopic (exact) mass is 329 g/mol. The van der Waals surface area contributed by atoms with Gasteiger partial charge in [0.1, 0.15) is 5.75 Å². The average molecular weight is 330 g/mol. The van der Waals surface area contributed by atoms with Gasteiger partial charge >= 0.3 is 0 Å². The summed E-state index contributed by atoms with van der Waals surface area (Å²) in [5, 5.41) is 11.5. The van der Waals surface area contributed by atoms with E-state index in [9.17, 15) is 4.79 Å². The van der Waals surface area contributed by atoms with E-state index in [2.05, 4.69) is 15.5 Å². The van der Waals surface area contributed by atoms with E-state index < -0.39 is 0 Å². The number of nitrogens with one attached hydrogen (secondary N) is 1. The van der Waals surface area contributed by atoms with Crippen LogP contribution in [0.2, 0.25) is 5.02 Å². The second-order valence-electron chi connectivity index (χ2n) is 3.82. The molecule has 0 saturated heterocycles. The molecule has 2 rings (SSSR count). The Balaban J connectivity index is 1.88. The minimum Gasteiger partial charge on any atom is -0.483 e. The Bertz CT molecular complexity index is 618. The van der Waals surface area contributed by atoms with Gasteiger partial charge in [-0.25, -0.2) is 0 Å². The van der Waals surface area contributed by atoms with Gasteiger partial charge in [0.2, 0.25) is 5.13 Å². The Morgan fingerprint density at radius 1 is 1.50 bits per heavy atom. The molecule has 2 aromatic rings. The van der Waals surface area contributed by atoms with Crippen molar-refractivity contribution in [3.05, 3.63) is 28.8 Å². The van der Waals surface area contributed by atoms with Gasteiger partial charge in [0.05, 0.1) is 0 Å². The van der Waals surface area contributed by atoms with E-state index in [4.69, 9.17) is 16.3 Å². The molecule has 0 aliphatic carbocycles. The summed E-state index contributed by atoms with van der Waals surface area (Å²) in [5.41, 5.74) is 0.880. The highest BCUT2D eigenvalue weighted by Gasteiger charge is 2.09. The first-order valence-electron chi connectivity index (χ1n) is 5.65. The van der Waals surface area contributed by atoms with Crippen molar-refractivity contribution in [2.75, 3.05) is 18.2 Å². The first-order chi connectivity index (χ1) is 9.58. The summed E-state index contributed by atoms with van der Waals surface area (Å²) >= 11 is 8.66. The van der Waals surface area contributed by atoms with Gasteiger partial charge in [0.25, 0.3) is 5.91 Å². The Morgan fingerprint density at radius 2 is 2.30 bits per heavy atom. The number of carbonyl (C=O) groups excluding carboxylic acids is 1. The van der Waals surface area contributed by atoms with Crippen molar-refractivity contribution in [3.8, 4) is 5.75 Å². The van der Waals surface area contributed by atoms with Gasteiger partial charge in [-0.05, 0) is 36.9 Å². The number of amides is 1. The molecule has 0 unspecified atom stereocenters. The predicted octanol–water partition coefficient (Wildman–Crippen LogP) is 3.24. The van der Waals surface area contributed by atoms with Crippen molar-refractivity contribution in [1.29, 1.82) is 0 Å². The maximum atomic E-state index is 11.7. The number of halogens is 1. The zero-order valence-corrected chi connectivity index (χ0v) is 13.2. The summed E-state index contributed by atoms with van der Waals surface area (Å²) in [7, 11) is 0. The Morgan fingerprint density at radius 3 is 2.95 bits per heavy atom. The summed E-state index contributed by atoms with van der Waals surface area (Å²) in [6.45, 7) is 1.78. The van der Waals surface area contributed by atoms with Crippen LogP contribution in [0.3, 0.4) is 0 Å². The van der Waals surface area contributed by atoms with Crippen LogP contribution in [0, 0.1) is 6.92 Å². The second kappa shape index (κ2) is 6.92. The molecule has 0 aliphatic rings. The highest BCUT2D eigenvalue weighted by atomic mass is 35.5. The Labute approximate surface area is 129 Å². The topological polar surface area (TPSA) is 64.1 Å². The van der Waals surface area contributed by atoms with Crippen molar-refractivity contribution in [1.82, 2.24) is 10.2 Å². The molecule has 1 amide bonds. The van der Waals surface area contributed by atoms with Crippen molar-refractivity contribution in [2.24, 2.45) is 0 Å². The van der Waals surface area contributed by atoms with E-state index in [-0.39, 0.29) is 12.5 Å². The average Bonchev–Trinajstić information content (AvgIpc) is 2.85. The Hall–Kier alpha value is -1.31. The third-order valence-electron chi connectivity index (χ3n) is 2.32. The molecule has 5 nitrogen and oxygen atoms in total. The lowest BCUT2D eigenvalue weighted by atomic mass is 10.2. The molecule has 1 aromatic carbocycles. The number of benzene rings is 1. The van der Waals surface area contributed by atoms with Crippen LogP contribution in [-0.2, 0) is 4.79 Å². The third kappa shape index (κ3) is 4.09. The van der Waals surface area contributed by atoms with Gasteiger partial charge in [-0.2, -0.15) is 0 Å². The van der Waals surface area contributed by atoms with Crippen molar-refractivity contribution >= 4 is 45.7 Å². The number of rotatable bonds is 5. The summed E-state index contributed by atoms with van der Waals surface area (Å²) in [5.74, 6) is 0.356. The van der Waals surface area contributed by atoms with Crippen LogP contribution in [-0.4, -0.2) is 29.0 Å². The van der Waals surface area contributed by atoms with Crippen molar-refractivity contribution in [3.63, 3.8) is 0 Å². The van der Waals surface area contributed by atoms with E-state index in [0.29, 0.717) is 15.9 Å². The van der Waals surface area contributed by atoms with E-state index >= 15 is 0 Å². The van der Waals surface area contributed by atoms with Crippen LogP contribution in [0.25, 0.3) is 0 Å². The van der Waals surface area contributed by atoms with Crippen LogP contribution < -0.4 is 10.1 Å². The Kier molecular flexibility index (Phi) is 5.22. The summed E-state index contributed by atoms with van der Waals surface area (Å²) in [4.78, 5) is 11.7. The molecule has 0 atom stereocenters. The number of hydrogen-bond acceptors (Lipinski definition) is 6. The number of ether oxygens (including phenoxy) is 1. The standard InChI is InChI=1S/C12H12ClN3O2S2/c1-7-5-8(13)3-4-9(7)18-6-10(17)14-11-15-16-12(19-2)20-11/h3-5H,6H2,1-2H3,(H,14,15,17). The lowest BCUT2D eigenvalue weighted by molar-refractivity contribution is -0.118. The van der Waals surface area contributed by atoms with Crippen LogP contribution >= 0.6 is 34.7 Å². The van der Waals surface area contributed by atoms with Gasteiger partial charge < -0.3 is 4.74 Å². The summed E-state index contributed by atoms with van der Waals surface area (Å²) in [6, 6.07) is 5.24. The lowest BCUT2D eigenvalue weighted by Crippen LogP contribution is -2.20.